The number of piperidine rings is 1. The number of nitrogens with one attached hydrogen (secondary N) is 1. The minimum atomic E-state index is -1.57. The van der Waals surface area contributed by atoms with Crippen LogP contribution in [0.25, 0.3) is 0 Å². The second-order valence-corrected chi connectivity index (χ2v) is 11.1. The van der Waals surface area contributed by atoms with E-state index >= 15 is 0 Å². The lowest BCUT2D eigenvalue weighted by Gasteiger charge is -2.47. The number of fused-ring (bicyclic) bond motifs is 4. The molecule has 3 aromatic rings. The Morgan fingerprint density at radius 1 is 0.854 bits per heavy atom. The van der Waals surface area contributed by atoms with Gasteiger partial charge in [0.15, 0.2) is 0 Å². The maximum absolute atomic E-state index is 14.4. The van der Waals surface area contributed by atoms with Crippen molar-refractivity contribution < 1.29 is 23.9 Å². The van der Waals surface area contributed by atoms with Gasteiger partial charge in [0.05, 0.1) is 19.9 Å². The number of urea groups is 1. The Hall–Kier alpha value is -4.44. The van der Waals surface area contributed by atoms with Gasteiger partial charge in [-0.25, -0.2) is 9.69 Å². The molecule has 3 atom stereocenters. The van der Waals surface area contributed by atoms with E-state index in [1.54, 1.807) is 55.6 Å². The molecule has 10 heteroatoms. The summed E-state index contributed by atoms with van der Waals surface area (Å²) in [6.45, 7) is 1.97. The molecule has 0 radical (unpaired) electrons. The van der Waals surface area contributed by atoms with Gasteiger partial charge in [0.2, 0.25) is 5.91 Å². The van der Waals surface area contributed by atoms with Gasteiger partial charge in [-0.15, -0.1) is 0 Å². The average molecular weight is 557 g/mol. The minimum Gasteiger partial charge on any atom is -0.497 e. The van der Waals surface area contributed by atoms with Gasteiger partial charge in [-0.2, -0.15) is 0 Å². The lowest BCUT2D eigenvalue weighted by Crippen LogP contribution is -2.68. The van der Waals surface area contributed by atoms with Crippen LogP contribution in [0.2, 0.25) is 0 Å². The lowest BCUT2D eigenvalue weighted by molar-refractivity contribution is -0.144. The molecule has 0 spiro atoms. The van der Waals surface area contributed by atoms with E-state index in [1.807, 2.05) is 22.8 Å². The van der Waals surface area contributed by atoms with Crippen molar-refractivity contribution in [3.8, 4) is 11.5 Å². The summed E-state index contributed by atoms with van der Waals surface area (Å²) in [4.78, 5) is 57.1. The summed E-state index contributed by atoms with van der Waals surface area (Å²) < 4.78 is 12.4. The van der Waals surface area contributed by atoms with E-state index < -0.39 is 23.3 Å². The smallest absolute Gasteiger partial charge is 0.335 e. The van der Waals surface area contributed by atoms with Crippen molar-refractivity contribution in [2.75, 3.05) is 38.8 Å². The number of carbonyl (C=O) groups is 3. The number of rotatable bonds is 7. The normalized spacial score (nSPS) is 24.0. The van der Waals surface area contributed by atoms with Crippen LogP contribution in [-0.4, -0.2) is 61.2 Å². The number of barbiturate groups is 1. The van der Waals surface area contributed by atoms with Crippen LogP contribution >= 0.6 is 0 Å². The molecule has 6 rings (SSSR count). The molecule has 4 heterocycles. The van der Waals surface area contributed by atoms with Crippen LogP contribution in [0.1, 0.15) is 23.6 Å². The molecular weight excluding hydrogens is 524 g/mol. The number of pyridine rings is 1. The SMILES string of the molecule is COc1ccc(C[C@]2(CN3C[C@@H]4C[C@@H](C3)c3cccc(=O)n3C4)C(=O)NC(=O)N(c3ccc(OC)cc3)C2=O)cc1. The number of imide groups is 2. The molecule has 41 heavy (non-hydrogen) atoms. The second-order valence-electron chi connectivity index (χ2n) is 11.1. The average Bonchev–Trinajstić information content (AvgIpc) is 2.97. The number of aromatic nitrogens is 1. The van der Waals surface area contributed by atoms with Crippen LogP contribution in [0.15, 0.2) is 71.5 Å². The molecule has 212 valence electrons. The first-order valence-electron chi connectivity index (χ1n) is 13.7. The first-order valence-corrected chi connectivity index (χ1v) is 13.7. The Morgan fingerprint density at radius 3 is 2.22 bits per heavy atom. The zero-order valence-electron chi connectivity index (χ0n) is 23.0. The Labute approximate surface area is 237 Å². The van der Waals surface area contributed by atoms with Crippen molar-refractivity contribution in [2.24, 2.45) is 11.3 Å². The van der Waals surface area contributed by atoms with E-state index in [0.717, 1.165) is 22.6 Å². The lowest BCUT2D eigenvalue weighted by atomic mass is 9.75. The molecule has 0 saturated carbocycles. The van der Waals surface area contributed by atoms with E-state index in [0.29, 0.717) is 36.8 Å². The quantitative estimate of drug-likeness (QED) is 0.446. The first kappa shape index (κ1) is 26.8. The highest BCUT2D eigenvalue weighted by molar-refractivity contribution is 6.30. The van der Waals surface area contributed by atoms with Gasteiger partial charge >= 0.3 is 6.03 Å². The van der Waals surface area contributed by atoms with Crippen molar-refractivity contribution in [2.45, 2.75) is 25.3 Å². The van der Waals surface area contributed by atoms with Gasteiger partial charge in [-0.3, -0.25) is 19.7 Å². The maximum atomic E-state index is 14.4. The molecule has 0 unspecified atom stereocenters. The Kier molecular flexibility index (Phi) is 6.86. The Morgan fingerprint density at radius 2 is 1.54 bits per heavy atom. The molecule has 1 aromatic heterocycles. The molecule has 2 saturated heterocycles. The number of methoxy groups -OCH3 is 2. The molecule has 2 bridgehead atoms. The number of ether oxygens (including phenoxy) is 2. The molecule has 3 aliphatic rings. The molecule has 10 nitrogen and oxygen atoms in total. The van der Waals surface area contributed by atoms with Crippen LogP contribution in [0, 0.1) is 11.3 Å². The summed E-state index contributed by atoms with van der Waals surface area (Å²) in [5.41, 5.74) is 0.537. The Balaban J connectivity index is 1.37. The zero-order chi connectivity index (χ0) is 28.7. The molecular formula is C31H32N4O6. The van der Waals surface area contributed by atoms with Gasteiger partial charge in [0.25, 0.3) is 11.5 Å². The number of likely N-dealkylation sites (tertiary alicyclic amines) is 1. The number of anilines is 1. The van der Waals surface area contributed by atoms with Gasteiger partial charge in [-0.1, -0.05) is 18.2 Å². The monoisotopic (exact) mass is 556 g/mol. The first-order chi connectivity index (χ1) is 19.8. The fourth-order valence-corrected chi connectivity index (χ4v) is 6.59. The van der Waals surface area contributed by atoms with Crippen LogP contribution in [0.5, 0.6) is 11.5 Å². The third kappa shape index (κ3) is 4.78. The zero-order valence-corrected chi connectivity index (χ0v) is 23.0. The largest absolute Gasteiger partial charge is 0.497 e. The molecule has 2 aromatic carbocycles. The third-order valence-corrected chi connectivity index (χ3v) is 8.52. The number of nitrogens with zero attached hydrogens (tertiary/aromatic N) is 3. The van der Waals surface area contributed by atoms with Gasteiger partial charge in [0.1, 0.15) is 16.9 Å². The number of benzene rings is 2. The summed E-state index contributed by atoms with van der Waals surface area (Å²) in [5, 5.41) is 2.48. The number of carbonyl (C=O) groups excluding carboxylic acids is 3. The van der Waals surface area contributed by atoms with E-state index in [2.05, 4.69) is 10.2 Å². The van der Waals surface area contributed by atoms with Crippen molar-refractivity contribution in [3.05, 3.63) is 88.3 Å². The minimum absolute atomic E-state index is 0.00268. The summed E-state index contributed by atoms with van der Waals surface area (Å²) in [6, 6.07) is 18.4. The fourth-order valence-electron chi connectivity index (χ4n) is 6.59. The van der Waals surface area contributed by atoms with Crippen molar-refractivity contribution in [1.82, 2.24) is 14.8 Å². The third-order valence-electron chi connectivity index (χ3n) is 8.52. The Bertz CT molecular complexity index is 1550. The predicted octanol–water partition coefficient (Wildman–Crippen LogP) is 2.80. The summed E-state index contributed by atoms with van der Waals surface area (Å²) in [5.74, 6) is 0.379. The van der Waals surface area contributed by atoms with E-state index in [4.69, 9.17) is 9.47 Å². The number of hydrogen-bond donors (Lipinski definition) is 1. The number of amides is 4. The number of hydrogen-bond acceptors (Lipinski definition) is 7. The highest BCUT2D eigenvalue weighted by Crippen LogP contribution is 2.39. The van der Waals surface area contributed by atoms with Gasteiger partial charge in [0, 0.05) is 43.9 Å². The molecule has 0 aliphatic carbocycles. The fraction of sp³-hybridized carbons (Fsp3) is 0.355. The van der Waals surface area contributed by atoms with Crippen molar-refractivity contribution in [1.29, 1.82) is 0 Å². The van der Waals surface area contributed by atoms with Crippen LogP contribution in [-0.2, 0) is 22.6 Å². The maximum Gasteiger partial charge on any atom is 0.335 e. The van der Waals surface area contributed by atoms with E-state index in [1.165, 1.54) is 7.11 Å². The van der Waals surface area contributed by atoms with Crippen LogP contribution < -0.4 is 25.2 Å². The van der Waals surface area contributed by atoms with Gasteiger partial charge < -0.3 is 18.9 Å². The molecule has 1 N–H and O–H groups in total. The molecule has 2 fully saturated rings. The van der Waals surface area contributed by atoms with E-state index in [-0.39, 0.29) is 30.4 Å². The van der Waals surface area contributed by atoms with Crippen molar-refractivity contribution in [3.63, 3.8) is 0 Å². The second kappa shape index (κ2) is 10.5. The summed E-state index contributed by atoms with van der Waals surface area (Å²) in [7, 11) is 3.11. The topological polar surface area (TPSA) is 110 Å². The summed E-state index contributed by atoms with van der Waals surface area (Å²) in [6.07, 6.45) is 1.05. The highest BCUT2D eigenvalue weighted by Gasteiger charge is 2.55. The van der Waals surface area contributed by atoms with Crippen LogP contribution in [0.4, 0.5) is 10.5 Å². The van der Waals surface area contributed by atoms with Crippen LogP contribution in [0.3, 0.4) is 0 Å². The molecule has 3 aliphatic heterocycles. The summed E-state index contributed by atoms with van der Waals surface area (Å²) >= 11 is 0. The standard InChI is InChI=1S/C31H32N4O6/c1-40-24-10-6-20(7-11-24)15-31(19-33-16-21-14-22(18-33)26-4-3-5-27(36)34(26)17-21)28(37)32-30(39)35(29(31)38)23-8-12-25(41-2)13-9-23/h3-13,21-22H,14-19H2,1-2H3,(H,32,37,39)/t21-,22-,31-/m0/s1. The van der Waals surface area contributed by atoms with Gasteiger partial charge in [-0.05, 0) is 66.8 Å². The predicted molar refractivity (Wildman–Crippen MR) is 151 cm³/mol. The molecule has 4 amide bonds. The van der Waals surface area contributed by atoms with E-state index in [9.17, 15) is 19.2 Å². The van der Waals surface area contributed by atoms with Crippen molar-refractivity contribution >= 4 is 23.5 Å². The highest BCUT2D eigenvalue weighted by atomic mass is 16.5.